The number of carbonyl (C=O) groups is 2. The first-order valence-corrected chi connectivity index (χ1v) is 11.8. The van der Waals surface area contributed by atoms with Crippen LogP contribution in [0.1, 0.15) is 79.6 Å². The maximum Gasteiger partial charge on any atom is 0.302 e. The number of hydrogen-bond acceptors (Lipinski definition) is 5. The van der Waals surface area contributed by atoms with Crippen molar-refractivity contribution in [2.75, 3.05) is 0 Å². The second-order valence-electron chi connectivity index (χ2n) is 10.9. The molecule has 168 valence electrons. The normalized spacial score (nSPS) is 46.0. The quantitative estimate of drug-likeness (QED) is 0.543. The molecule has 4 aliphatic rings. The van der Waals surface area contributed by atoms with E-state index >= 15 is 0 Å². The zero-order valence-corrected chi connectivity index (χ0v) is 19.1. The first-order valence-electron chi connectivity index (χ1n) is 11.8. The maximum atomic E-state index is 11.5. The van der Waals surface area contributed by atoms with E-state index in [9.17, 15) is 14.7 Å². The Balaban J connectivity index is 1.58. The highest BCUT2D eigenvalue weighted by Crippen LogP contribution is 2.66. The summed E-state index contributed by atoms with van der Waals surface area (Å²) >= 11 is 0. The lowest BCUT2D eigenvalue weighted by atomic mass is 9.46. The van der Waals surface area contributed by atoms with Crippen molar-refractivity contribution in [3.63, 3.8) is 0 Å². The third-order valence-corrected chi connectivity index (χ3v) is 9.49. The van der Waals surface area contributed by atoms with Gasteiger partial charge in [-0.2, -0.15) is 0 Å². The van der Waals surface area contributed by atoms with E-state index in [-0.39, 0.29) is 35.0 Å². The summed E-state index contributed by atoms with van der Waals surface area (Å²) in [6.07, 6.45) is 8.49. The van der Waals surface area contributed by atoms with Crippen LogP contribution < -0.4 is 0 Å². The summed E-state index contributed by atoms with van der Waals surface area (Å²) in [4.78, 5) is 23.0. The van der Waals surface area contributed by atoms with Gasteiger partial charge in [0, 0.05) is 38.0 Å². The van der Waals surface area contributed by atoms with Crippen LogP contribution in [0.4, 0.5) is 0 Å². The number of fused-ring (bicyclic) bond motifs is 5. The molecule has 3 unspecified atom stereocenters. The standard InChI is InChI=1S/C25H38O5/c1-14(29-15(2)26)20-8-9-21-19-7-6-17-12-18(30-16(3)27)13-23(28)25(17,5)22(19)10-11-24(20,21)4/h6,14,18-23,28H,7-13H2,1-5H3/t14?,18?,19-,20+,21-,22-,23?,24+,25-/m0/s1. The Morgan fingerprint density at radius 2 is 1.87 bits per heavy atom. The van der Waals surface area contributed by atoms with Crippen molar-refractivity contribution in [3.8, 4) is 0 Å². The van der Waals surface area contributed by atoms with Crippen molar-refractivity contribution in [1.29, 1.82) is 0 Å². The number of allylic oxidation sites excluding steroid dienone is 1. The number of carbonyl (C=O) groups excluding carboxylic acids is 2. The molecule has 0 aromatic carbocycles. The van der Waals surface area contributed by atoms with E-state index in [0.717, 1.165) is 32.1 Å². The minimum atomic E-state index is -0.476. The predicted octanol–water partition coefficient (Wildman–Crippen LogP) is 4.42. The Morgan fingerprint density at radius 3 is 2.53 bits per heavy atom. The van der Waals surface area contributed by atoms with E-state index in [4.69, 9.17) is 9.47 Å². The summed E-state index contributed by atoms with van der Waals surface area (Å²) < 4.78 is 11.1. The van der Waals surface area contributed by atoms with Gasteiger partial charge in [-0.1, -0.05) is 25.5 Å². The summed E-state index contributed by atoms with van der Waals surface area (Å²) in [6, 6.07) is 0. The van der Waals surface area contributed by atoms with E-state index in [1.165, 1.54) is 25.8 Å². The minimum absolute atomic E-state index is 0.0379. The van der Waals surface area contributed by atoms with Gasteiger partial charge in [0.2, 0.25) is 0 Å². The van der Waals surface area contributed by atoms with Gasteiger partial charge in [-0.05, 0) is 62.2 Å². The topological polar surface area (TPSA) is 72.8 Å². The van der Waals surface area contributed by atoms with Crippen LogP contribution in [0.2, 0.25) is 0 Å². The molecular weight excluding hydrogens is 380 g/mol. The lowest BCUT2D eigenvalue weighted by Gasteiger charge is -2.59. The van der Waals surface area contributed by atoms with Crippen LogP contribution in [0.25, 0.3) is 0 Å². The Hall–Kier alpha value is -1.36. The second kappa shape index (κ2) is 7.65. The molecule has 0 heterocycles. The maximum absolute atomic E-state index is 11.5. The van der Waals surface area contributed by atoms with Crippen LogP contribution in [-0.4, -0.2) is 35.4 Å². The third kappa shape index (κ3) is 3.32. The number of aliphatic hydroxyl groups is 1. The van der Waals surface area contributed by atoms with Crippen molar-refractivity contribution in [2.45, 2.75) is 97.9 Å². The van der Waals surface area contributed by atoms with Gasteiger partial charge < -0.3 is 14.6 Å². The molecule has 0 aliphatic heterocycles. The second-order valence-corrected chi connectivity index (χ2v) is 10.9. The van der Waals surface area contributed by atoms with Crippen LogP contribution in [0.5, 0.6) is 0 Å². The number of aliphatic hydroxyl groups excluding tert-OH is 1. The van der Waals surface area contributed by atoms with Gasteiger partial charge in [-0.3, -0.25) is 9.59 Å². The van der Waals surface area contributed by atoms with Gasteiger partial charge in [0.15, 0.2) is 0 Å². The summed E-state index contributed by atoms with van der Waals surface area (Å²) in [5.41, 5.74) is 1.26. The van der Waals surface area contributed by atoms with Crippen LogP contribution in [-0.2, 0) is 19.1 Å². The average molecular weight is 419 g/mol. The molecule has 0 bridgehead atoms. The minimum Gasteiger partial charge on any atom is -0.463 e. The monoisotopic (exact) mass is 418 g/mol. The Kier molecular flexibility index (Phi) is 5.57. The van der Waals surface area contributed by atoms with Crippen molar-refractivity contribution < 1.29 is 24.2 Å². The molecule has 9 atom stereocenters. The molecule has 0 saturated heterocycles. The number of hydrogen-bond donors (Lipinski definition) is 1. The Morgan fingerprint density at radius 1 is 1.13 bits per heavy atom. The van der Waals surface area contributed by atoms with Gasteiger partial charge in [0.25, 0.3) is 0 Å². The van der Waals surface area contributed by atoms with E-state index in [0.29, 0.717) is 30.1 Å². The van der Waals surface area contributed by atoms with Gasteiger partial charge in [-0.15, -0.1) is 0 Å². The van der Waals surface area contributed by atoms with E-state index in [1.54, 1.807) is 0 Å². The molecule has 5 nitrogen and oxygen atoms in total. The van der Waals surface area contributed by atoms with Gasteiger partial charge in [0.05, 0.1) is 6.10 Å². The van der Waals surface area contributed by atoms with Crippen molar-refractivity contribution in [2.24, 2.45) is 34.5 Å². The molecule has 4 aliphatic carbocycles. The molecular formula is C25H38O5. The molecule has 3 saturated carbocycles. The zero-order chi connectivity index (χ0) is 21.8. The fraction of sp³-hybridized carbons (Fsp3) is 0.840. The Labute approximate surface area is 180 Å². The molecule has 4 rings (SSSR count). The molecule has 1 N–H and O–H groups in total. The fourth-order valence-corrected chi connectivity index (χ4v) is 8.16. The molecule has 0 radical (unpaired) electrons. The van der Waals surface area contributed by atoms with Crippen LogP contribution in [0.3, 0.4) is 0 Å². The number of rotatable bonds is 3. The summed E-state index contributed by atoms with van der Waals surface area (Å²) in [6.45, 7) is 9.68. The zero-order valence-electron chi connectivity index (χ0n) is 19.1. The molecule has 0 aromatic rings. The highest BCUT2D eigenvalue weighted by atomic mass is 16.5. The number of esters is 2. The first-order chi connectivity index (χ1) is 14.1. The van der Waals surface area contributed by atoms with Crippen LogP contribution in [0.15, 0.2) is 11.6 Å². The van der Waals surface area contributed by atoms with Gasteiger partial charge in [-0.25, -0.2) is 0 Å². The average Bonchev–Trinajstić information content (AvgIpc) is 2.99. The highest BCUT2D eigenvalue weighted by molar-refractivity contribution is 5.66. The SMILES string of the molecule is CC(=O)OC1CC2=CC[C@H]3[C@@H]4CC[C@H](C(C)OC(C)=O)[C@@]4(C)CC[C@@H]3[C@@]2(C)C(O)C1. The van der Waals surface area contributed by atoms with Gasteiger partial charge >= 0.3 is 11.9 Å². The van der Waals surface area contributed by atoms with E-state index in [2.05, 4.69) is 26.8 Å². The van der Waals surface area contributed by atoms with Crippen molar-refractivity contribution in [3.05, 3.63) is 11.6 Å². The highest BCUT2D eigenvalue weighted by Gasteiger charge is 2.61. The molecule has 30 heavy (non-hydrogen) atoms. The van der Waals surface area contributed by atoms with E-state index in [1.807, 2.05) is 0 Å². The summed E-state index contributed by atoms with van der Waals surface area (Å²) in [7, 11) is 0. The van der Waals surface area contributed by atoms with E-state index < -0.39 is 6.10 Å². The lowest BCUT2D eigenvalue weighted by Crippen LogP contribution is -2.56. The van der Waals surface area contributed by atoms with Crippen molar-refractivity contribution >= 4 is 11.9 Å². The molecule has 5 heteroatoms. The first kappa shape index (κ1) is 21.9. The lowest BCUT2D eigenvalue weighted by molar-refractivity contribution is -0.158. The largest absolute Gasteiger partial charge is 0.463 e. The third-order valence-electron chi connectivity index (χ3n) is 9.49. The number of ether oxygens (including phenoxy) is 2. The molecule has 0 amide bonds. The van der Waals surface area contributed by atoms with Crippen molar-refractivity contribution in [1.82, 2.24) is 0 Å². The van der Waals surface area contributed by atoms with Crippen LogP contribution >= 0.6 is 0 Å². The summed E-state index contributed by atoms with van der Waals surface area (Å²) in [5.74, 6) is 1.59. The fourth-order valence-electron chi connectivity index (χ4n) is 8.16. The molecule has 0 aromatic heterocycles. The van der Waals surface area contributed by atoms with Gasteiger partial charge in [0.1, 0.15) is 12.2 Å². The summed E-state index contributed by atoms with van der Waals surface area (Å²) in [5, 5.41) is 11.2. The molecule has 3 fully saturated rings. The van der Waals surface area contributed by atoms with Crippen LogP contribution in [0, 0.1) is 34.5 Å². The Bertz CT molecular complexity index is 744. The predicted molar refractivity (Wildman–Crippen MR) is 113 cm³/mol. The molecule has 0 spiro atoms. The smallest absolute Gasteiger partial charge is 0.302 e.